The van der Waals surface area contributed by atoms with Crippen LogP contribution in [0.3, 0.4) is 0 Å². The summed E-state index contributed by atoms with van der Waals surface area (Å²) in [7, 11) is 0. The van der Waals surface area contributed by atoms with E-state index in [1.54, 1.807) is 0 Å². The van der Waals surface area contributed by atoms with E-state index in [2.05, 4.69) is 51.2 Å². The van der Waals surface area contributed by atoms with Crippen LogP contribution in [0, 0.1) is 13.8 Å². The Labute approximate surface area is 98.0 Å². The molecule has 1 saturated heterocycles. The monoisotopic (exact) mass is 219 g/mol. The quantitative estimate of drug-likeness (QED) is 0.826. The Morgan fingerprint density at radius 2 is 2.06 bits per heavy atom. The highest BCUT2D eigenvalue weighted by molar-refractivity contribution is 5.36. The summed E-state index contributed by atoms with van der Waals surface area (Å²) in [5.74, 6) is 1.03. The fraction of sp³-hybridized carbons (Fsp3) is 0.571. The first-order chi connectivity index (χ1) is 7.46. The summed E-state index contributed by atoms with van der Waals surface area (Å²) in [4.78, 5) is 0. The summed E-state index contributed by atoms with van der Waals surface area (Å²) in [6.45, 7) is 9.59. The van der Waals surface area contributed by atoms with Gasteiger partial charge in [-0.15, -0.1) is 0 Å². The van der Waals surface area contributed by atoms with Gasteiger partial charge in [0.1, 0.15) is 11.9 Å². The molecule has 1 heterocycles. The Hall–Kier alpha value is -1.02. The molecule has 1 fully saturated rings. The van der Waals surface area contributed by atoms with E-state index in [0.717, 1.165) is 18.7 Å². The summed E-state index contributed by atoms with van der Waals surface area (Å²) >= 11 is 0. The number of ether oxygens (including phenoxy) is 1. The van der Waals surface area contributed by atoms with Gasteiger partial charge in [0.2, 0.25) is 0 Å². The third-order valence-corrected chi connectivity index (χ3v) is 3.18. The van der Waals surface area contributed by atoms with E-state index < -0.39 is 0 Å². The van der Waals surface area contributed by atoms with Crippen LogP contribution in [0.5, 0.6) is 5.75 Å². The normalized spacial score (nSPS) is 23.4. The van der Waals surface area contributed by atoms with E-state index in [-0.39, 0.29) is 5.54 Å². The second-order valence-electron chi connectivity index (χ2n) is 5.48. The molecule has 1 aromatic carbocycles. The highest BCUT2D eigenvalue weighted by Gasteiger charge is 2.31. The molecule has 0 aliphatic carbocycles. The molecule has 1 aromatic rings. The molecule has 2 heteroatoms. The van der Waals surface area contributed by atoms with Gasteiger partial charge in [-0.25, -0.2) is 0 Å². The van der Waals surface area contributed by atoms with Gasteiger partial charge in [0.05, 0.1) is 0 Å². The third kappa shape index (κ3) is 2.56. The molecule has 1 atom stereocenters. The molecule has 0 amide bonds. The highest BCUT2D eigenvalue weighted by atomic mass is 16.5. The fourth-order valence-electron chi connectivity index (χ4n) is 2.20. The van der Waals surface area contributed by atoms with Crippen LogP contribution >= 0.6 is 0 Å². The fourth-order valence-corrected chi connectivity index (χ4v) is 2.20. The first kappa shape index (κ1) is 11.5. The summed E-state index contributed by atoms with van der Waals surface area (Å²) in [5, 5.41) is 3.48. The Kier molecular flexibility index (Phi) is 2.94. The summed E-state index contributed by atoms with van der Waals surface area (Å²) in [6, 6.07) is 6.37. The Morgan fingerprint density at radius 3 is 2.69 bits per heavy atom. The molecular weight excluding hydrogens is 198 g/mol. The van der Waals surface area contributed by atoms with Crippen LogP contribution < -0.4 is 10.1 Å². The number of hydrogen-bond donors (Lipinski definition) is 1. The lowest BCUT2D eigenvalue weighted by atomic mass is 10.0. The van der Waals surface area contributed by atoms with Crippen LogP contribution in [0.4, 0.5) is 0 Å². The van der Waals surface area contributed by atoms with Gasteiger partial charge < -0.3 is 10.1 Å². The molecule has 0 radical (unpaired) electrons. The number of nitrogens with one attached hydrogen (secondary N) is 1. The summed E-state index contributed by atoms with van der Waals surface area (Å²) in [5.41, 5.74) is 2.68. The van der Waals surface area contributed by atoms with Crippen LogP contribution in [-0.4, -0.2) is 18.2 Å². The van der Waals surface area contributed by atoms with Crippen molar-refractivity contribution >= 4 is 0 Å². The Balaban J connectivity index is 2.07. The van der Waals surface area contributed by atoms with E-state index in [9.17, 15) is 0 Å². The number of aryl methyl sites for hydroxylation is 2. The third-order valence-electron chi connectivity index (χ3n) is 3.18. The van der Waals surface area contributed by atoms with Crippen LogP contribution in [0.2, 0.25) is 0 Å². The SMILES string of the molecule is Cc1ccc(C)c(OC2CNC(C)(C)C2)c1. The van der Waals surface area contributed by atoms with Gasteiger partial charge in [-0.1, -0.05) is 12.1 Å². The second kappa shape index (κ2) is 4.10. The van der Waals surface area contributed by atoms with Crippen molar-refractivity contribution in [3.63, 3.8) is 0 Å². The van der Waals surface area contributed by atoms with Crippen molar-refractivity contribution in [1.82, 2.24) is 5.32 Å². The van der Waals surface area contributed by atoms with Crippen LogP contribution in [-0.2, 0) is 0 Å². The second-order valence-corrected chi connectivity index (χ2v) is 5.48. The molecule has 0 bridgehead atoms. The van der Waals surface area contributed by atoms with Gasteiger partial charge in [0.15, 0.2) is 0 Å². The zero-order valence-corrected chi connectivity index (χ0v) is 10.6. The number of benzene rings is 1. The predicted molar refractivity (Wildman–Crippen MR) is 67.0 cm³/mol. The lowest BCUT2D eigenvalue weighted by molar-refractivity contribution is 0.213. The highest BCUT2D eigenvalue weighted by Crippen LogP contribution is 2.25. The molecule has 0 saturated carbocycles. The lowest BCUT2D eigenvalue weighted by Crippen LogP contribution is -2.31. The van der Waals surface area contributed by atoms with E-state index in [4.69, 9.17) is 4.74 Å². The van der Waals surface area contributed by atoms with Crippen molar-refractivity contribution in [2.45, 2.75) is 45.8 Å². The molecule has 2 rings (SSSR count). The standard InChI is InChI=1S/C14H21NO/c1-10-5-6-11(2)13(7-10)16-12-8-14(3,4)15-9-12/h5-7,12,15H,8-9H2,1-4H3. The average Bonchev–Trinajstić information content (AvgIpc) is 2.52. The van der Waals surface area contributed by atoms with Crippen LogP contribution in [0.25, 0.3) is 0 Å². The van der Waals surface area contributed by atoms with Gasteiger partial charge in [-0.3, -0.25) is 0 Å². The van der Waals surface area contributed by atoms with Gasteiger partial charge in [0, 0.05) is 18.5 Å². The maximum Gasteiger partial charge on any atom is 0.122 e. The number of rotatable bonds is 2. The molecule has 1 aliphatic heterocycles. The van der Waals surface area contributed by atoms with Crippen molar-refractivity contribution in [1.29, 1.82) is 0 Å². The minimum absolute atomic E-state index is 0.211. The van der Waals surface area contributed by atoms with Crippen molar-refractivity contribution in [3.8, 4) is 5.75 Å². The summed E-state index contributed by atoms with van der Waals surface area (Å²) in [6.07, 6.45) is 1.37. The van der Waals surface area contributed by atoms with Crippen molar-refractivity contribution < 1.29 is 4.74 Å². The topological polar surface area (TPSA) is 21.3 Å². The maximum atomic E-state index is 6.06. The van der Waals surface area contributed by atoms with Crippen LogP contribution in [0.1, 0.15) is 31.4 Å². The zero-order chi connectivity index (χ0) is 11.8. The van der Waals surface area contributed by atoms with E-state index in [1.165, 1.54) is 11.1 Å². The van der Waals surface area contributed by atoms with E-state index in [1.807, 2.05) is 0 Å². The minimum Gasteiger partial charge on any atom is -0.489 e. The van der Waals surface area contributed by atoms with Gasteiger partial charge in [0.25, 0.3) is 0 Å². The average molecular weight is 219 g/mol. The molecule has 2 nitrogen and oxygen atoms in total. The molecule has 1 aliphatic rings. The van der Waals surface area contributed by atoms with Gasteiger partial charge in [-0.2, -0.15) is 0 Å². The smallest absolute Gasteiger partial charge is 0.122 e. The molecule has 16 heavy (non-hydrogen) atoms. The van der Waals surface area contributed by atoms with E-state index >= 15 is 0 Å². The minimum atomic E-state index is 0.211. The molecule has 1 unspecified atom stereocenters. The first-order valence-corrected chi connectivity index (χ1v) is 5.95. The van der Waals surface area contributed by atoms with Crippen molar-refractivity contribution in [2.75, 3.05) is 6.54 Å². The zero-order valence-electron chi connectivity index (χ0n) is 10.6. The molecule has 88 valence electrons. The summed E-state index contributed by atoms with van der Waals surface area (Å²) < 4.78 is 6.06. The molecular formula is C14H21NO. The molecule has 0 aromatic heterocycles. The van der Waals surface area contributed by atoms with E-state index in [0.29, 0.717) is 6.10 Å². The maximum absolute atomic E-state index is 6.06. The number of hydrogen-bond acceptors (Lipinski definition) is 2. The van der Waals surface area contributed by atoms with Gasteiger partial charge >= 0.3 is 0 Å². The lowest BCUT2D eigenvalue weighted by Gasteiger charge is -2.18. The van der Waals surface area contributed by atoms with Crippen molar-refractivity contribution in [2.24, 2.45) is 0 Å². The Morgan fingerprint density at radius 1 is 1.31 bits per heavy atom. The predicted octanol–water partition coefficient (Wildman–Crippen LogP) is 2.82. The van der Waals surface area contributed by atoms with Crippen LogP contribution in [0.15, 0.2) is 18.2 Å². The van der Waals surface area contributed by atoms with Crippen molar-refractivity contribution in [3.05, 3.63) is 29.3 Å². The molecule has 0 spiro atoms. The largest absolute Gasteiger partial charge is 0.489 e. The molecule has 1 N–H and O–H groups in total. The first-order valence-electron chi connectivity index (χ1n) is 5.95. The van der Waals surface area contributed by atoms with Gasteiger partial charge in [-0.05, 0) is 44.9 Å². The Bertz CT molecular complexity index is 384.